The molecule has 2 aromatic rings. The molecule has 0 aliphatic heterocycles. The topological polar surface area (TPSA) is 61.8 Å². The van der Waals surface area contributed by atoms with Gasteiger partial charge >= 0.3 is 11.9 Å². The van der Waals surface area contributed by atoms with Crippen LogP contribution in [-0.2, 0) is 16.0 Å². The molecule has 140 valence electrons. The highest BCUT2D eigenvalue weighted by Gasteiger charge is 2.16. The lowest BCUT2D eigenvalue weighted by molar-refractivity contribution is -0.142. The van der Waals surface area contributed by atoms with Gasteiger partial charge in [0.1, 0.15) is 30.3 Å². The Morgan fingerprint density at radius 1 is 0.889 bits per heavy atom. The Labute approximate surface area is 158 Å². The highest BCUT2D eigenvalue weighted by Crippen LogP contribution is 2.24. The molecule has 2 aromatic carbocycles. The van der Waals surface area contributed by atoms with E-state index in [9.17, 15) is 9.59 Å². The molecule has 0 spiro atoms. The van der Waals surface area contributed by atoms with Gasteiger partial charge < -0.3 is 14.2 Å². The molecule has 0 saturated carbocycles. The molecule has 27 heavy (non-hydrogen) atoms. The van der Waals surface area contributed by atoms with Gasteiger partial charge in [-0.25, -0.2) is 4.79 Å². The van der Waals surface area contributed by atoms with E-state index in [-0.39, 0.29) is 25.6 Å². The fourth-order valence-corrected chi connectivity index (χ4v) is 2.34. The number of benzene rings is 2. The van der Waals surface area contributed by atoms with E-state index in [1.54, 1.807) is 42.5 Å². The molecular weight excluding hydrogens is 344 g/mol. The Morgan fingerprint density at radius 2 is 1.56 bits per heavy atom. The van der Waals surface area contributed by atoms with Crippen molar-refractivity contribution in [2.45, 2.75) is 12.8 Å². The molecule has 0 saturated heterocycles. The maximum absolute atomic E-state index is 12.6. The van der Waals surface area contributed by atoms with Crippen LogP contribution in [0.4, 0.5) is 0 Å². The van der Waals surface area contributed by atoms with Crippen molar-refractivity contribution in [1.29, 1.82) is 0 Å². The Bertz CT molecular complexity index is 810. The zero-order valence-corrected chi connectivity index (χ0v) is 15.1. The van der Waals surface area contributed by atoms with E-state index in [1.165, 1.54) is 6.08 Å². The zero-order valence-electron chi connectivity index (χ0n) is 15.1. The molecule has 0 N–H and O–H groups in total. The van der Waals surface area contributed by atoms with Crippen molar-refractivity contribution in [1.82, 2.24) is 0 Å². The molecule has 0 aromatic heterocycles. The van der Waals surface area contributed by atoms with Crippen LogP contribution in [0.1, 0.15) is 22.3 Å². The van der Waals surface area contributed by atoms with Gasteiger partial charge in [-0.15, -0.1) is 0 Å². The van der Waals surface area contributed by atoms with Crippen LogP contribution in [0.2, 0.25) is 0 Å². The Morgan fingerprint density at radius 3 is 2.30 bits per heavy atom. The molecule has 0 bridgehead atoms. The standard InChI is InChI=1S/C22H22O5/c1-3-15-25-20-12-8-6-10-18(20)22(24)27-19-11-7-5-9-17(19)13-14-21(23)26-16-4-2/h3-12H,1-2,13-16H2. The molecule has 0 amide bonds. The van der Waals surface area contributed by atoms with Crippen molar-refractivity contribution in [2.75, 3.05) is 13.2 Å². The summed E-state index contributed by atoms with van der Waals surface area (Å²) in [5, 5.41) is 0. The maximum Gasteiger partial charge on any atom is 0.347 e. The first-order valence-electron chi connectivity index (χ1n) is 8.55. The van der Waals surface area contributed by atoms with Crippen molar-refractivity contribution in [3.05, 3.63) is 85.0 Å². The van der Waals surface area contributed by atoms with Gasteiger partial charge in [0, 0.05) is 6.42 Å². The number of hydrogen-bond donors (Lipinski definition) is 0. The van der Waals surface area contributed by atoms with E-state index in [2.05, 4.69) is 13.2 Å². The third-order valence-corrected chi connectivity index (χ3v) is 3.60. The van der Waals surface area contributed by atoms with Crippen molar-refractivity contribution in [3.63, 3.8) is 0 Å². The molecule has 2 rings (SSSR count). The predicted molar refractivity (Wildman–Crippen MR) is 103 cm³/mol. The zero-order chi connectivity index (χ0) is 19.5. The van der Waals surface area contributed by atoms with Gasteiger partial charge in [-0.3, -0.25) is 4.79 Å². The van der Waals surface area contributed by atoms with Gasteiger partial charge in [0.2, 0.25) is 0 Å². The lowest BCUT2D eigenvalue weighted by atomic mass is 10.1. The van der Waals surface area contributed by atoms with Crippen LogP contribution >= 0.6 is 0 Å². The Hall–Kier alpha value is -3.34. The fraction of sp³-hybridized carbons (Fsp3) is 0.182. The summed E-state index contributed by atoms with van der Waals surface area (Å²) in [6.07, 6.45) is 3.69. The molecular formula is C22H22O5. The quantitative estimate of drug-likeness (QED) is 0.359. The number of para-hydroxylation sites is 2. The van der Waals surface area contributed by atoms with Crippen LogP contribution in [0.25, 0.3) is 0 Å². The SMILES string of the molecule is C=CCOC(=O)CCc1ccccc1OC(=O)c1ccccc1OCC=C. The molecule has 0 aliphatic carbocycles. The molecule has 5 heteroatoms. The third-order valence-electron chi connectivity index (χ3n) is 3.60. The average Bonchev–Trinajstić information content (AvgIpc) is 2.70. The predicted octanol–water partition coefficient (Wildman–Crippen LogP) is 4.13. The number of ether oxygens (including phenoxy) is 3. The van der Waals surface area contributed by atoms with E-state index in [0.717, 1.165) is 5.56 Å². The molecule has 0 aliphatic rings. The molecule has 0 fully saturated rings. The van der Waals surface area contributed by atoms with Gasteiger partial charge in [-0.05, 0) is 30.2 Å². The normalized spacial score (nSPS) is 9.93. The summed E-state index contributed by atoms with van der Waals surface area (Å²) in [6.45, 7) is 7.56. The highest BCUT2D eigenvalue weighted by molar-refractivity contribution is 5.94. The van der Waals surface area contributed by atoms with Crippen molar-refractivity contribution in [2.24, 2.45) is 0 Å². The number of rotatable bonds is 10. The molecule has 0 radical (unpaired) electrons. The number of carbonyl (C=O) groups excluding carboxylic acids is 2. The summed E-state index contributed by atoms with van der Waals surface area (Å²) in [5.41, 5.74) is 1.06. The first-order chi connectivity index (χ1) is 13.2. The van der Waals surface area contributed by atoms with E-state index >= 15 is 0 Å². The first kappa shape index (κ1) is 20.0. The summed E-state index contributed by atoms with van der Waals surface area (Å²) in [7, 11) is 0. The van der Waals surface area contributed by atoms with Gasteiger partial charge in [-0.1, -0.05) is 55.6 Å². The smallest absolute Gasteiger partial charge is 0.347 e. The summed E-state index contributed by atoms with van der Waals surface area (Å²) in [6, 6.07) is 13.9. The second kappa shape index (κ2) is 10.6. The van der Waals surface area contributed by atoms with E-state index in [0.29, 0.717) is 23.5 Å². The maximum atomic E-state index is 12.6. The minimum absolute atomic E-state index is 0.178. The minimum atomic E-state index is -0.531. The first-order valence-corrected chi connectivity index (χ1v) is 8.55. The van der Waals surface area contributed by atoms with Crippen LogP contribution in [0.5, 0.6) is 11.5 Å². The fourth-order valence-electron chi connectivity index (χ4n) is 2.34. The molecule has 0 unspecified atom stereocenters. The second-order valence-corrected chi connectivity index (χ2v) is 5.56. The summed E-state index contributed by atoms with van der Waals surface area (Å²) in [4.78, 5) is 24.3. The van der Waals surface area contributed by atoms with Crippen LogP contribution in [0.15, 0.2) is 73.8 Å². The molecule has 5 nitrogen and oxygen atoms in total. The van der Waals surface area contributed by atoms with Crippen molar-refractivity contribution >= 4 is 11.9 Å². The third kappa shape index (κ3) is 6.15. The van der Waals surface area contributed by atoms with Crippen LogP contribution in [0, 0.1) is 0 Å². The van der Waals surface area contributed by atoms with Gasteiger partial charge in [0.15, 0.2) is 0 Å². The average molecular weight is 366 g/mol. The summed E-state index contributed by atoms with van der Waals surface area (Å²) >= 11 is 0. The lowest BCUT2D eigenvalue weighted by Crippen LogP contribution is -2.12. The van der Waals surface area contributed by atoms with E-state index in [4.69, 9.17) is 14.2 Å². The van der Waals surface area contributed by atoms with Crippen LogP contribution in [-0.4, -0.2) is 25.2 Å². The van der Waals surface area contributed by atoms with Gasteiger partial charge in [0.25, 0.3) is 0 Å². The van der Waals surface area contributed by atoms with E-state index < -0.39 is 5.97 Å². The van der Waals surface area contributed by atoms with Gasteiger partial charge in [-0.2, -0.15) is 0 Å². The monoisotopic (exact) mass is 366 g/mol. The highest BCUT2D eigenvalue weighted by atomic mass is 16.5. The second-order valence-electron chi connectivity index (χ2n) is 5.56. The molecule has 0 atom stereocenters. The van der Waals surface area contributed by atoms with Crippen LogP contribution in [0.3, 0.4) is 0 Å². The number of aryl methyl sites for hydroxylation is 1. The Kier molecular flexibility index (Phi) is 7.85. The Balaban J connectivity index is 2.09. The van der Waals surface area contributed by atoms with E-state index in [1.807, 2.05) is 12.1 Å². The number of esters is 2. The largest absolute Gasteiger partial charge is 0.489 e. The minimum Gasteiger partial charge on any atom is -0.489 e. The van der Waals surface area contributed by atoms with Crippen molar-refractivity contribution < 1.29 is 23.8 Å². The van der Waals surface area contributed by atoms with Gasteiger partial charge in [0.05, 0.1) is 0 Å². The van der Waals surface area contributed by atoms with Crippen LogP contribution < -0.4 is 9.47 Å². The summed E-state index contributed by atoms with van der Waals surface area (Å²) < 4.78 is 16.0. The number of hydrogen-bond acceptors (Lipinski definition) is 5. The van der Waals surface area contributed by atoms with Crippen molar-refractivity contribution in [3.8, 4) is 11.5 Å². The number of carbonyl (C=O) groups is 2. The molecule has 0 heterocycles. The summed E-state index contributed by atoms with van der Waals surface area (Å²) in [5.74, 6) is -0.0408. The lowest BCUT2D eigenvalue weighted by Gasteiger charge is -2.12.